The van der Waals surface area contributed by atoms with E-state index in [1.54, 1.807) is 23.3 Å². The molecule has 3 atom stereocenters. The van der Waals surface area contributed by atoms with Crippen molar-refractivity contribution in [2.24, 2.45) is 0 Å². The number of morpholine rings is 1. The average Bonchev–Trinajstić information content (AvgIpc) is 3.17. The fourth-order valence-corrected chi connectivity index (χ4v) is 5.44. The maximum absolute atomic E-state index is 12.7. The first-order valence-corrected chi connectivity index (χ1v) is 10.3. The van der Waals surface area contributed by atoms with Gasteiger partial charge in [-0.25, -0.2) is 8.42 Å². The number of amides is 1. The monoisotopic (exact) mass is 374 g/mol. The van der Waals surface area contributed by atoms with Crippen LogP contribution in [0.2, 0.25) is 0 Å². The third kappa shape index (κ3) is 3.65. The predicted octanol–water partition coefficient (Wildman–Crippen LogP) is 0.821. The normalized spacial score (nSPS) is 29.1. The molecule has 3 unspecified atom stereocenters. The highest BCUT2D eigenvalue weighted by atomic mass is 32.2. The minimum atomic E-state index is -3.68. The molecule has 1 aromatic heterocycles. The van der Waals surface area contributed by atoms with Crippen molar-refractivity contribution >= 4 is 27.3 Å². The van der Waals surface area contributed by atoms with Crippen LogP contribution in [0.4, 0.5) is 0 Å². The summed E-state index contributed by atoms with van der Waals surface area (Å²) in [7, 11) is -3.68. The second-order valence-electron chi connectivity index (χ2n) is 6.41. The van der Waals surface area contributed by atoms with E-state index in [1.165, 1.54) is 6.07 Å². The fraction of sp³-hybridized carbons (Fsp3) is 0.667. The largest absolute Gasteiger partial charge is 0.378 e. The summed E-state index contributed by atoms with van der Waals surface area (Å²) in [5.74, 6) is -0.239. The summed E-state index contributed by atoms with van der Waals surface area (Å²) in [6.07, 6.45) is 0.640. The number of thiophene rings is 1. The van der Waals surface area contributed by atoms with Crippen molar-refractivity contribution in [3.8, 4) is 0 Å². The third-order valence-corrected chi connectivity index (χ3v) is 7.19. The van der Waals surface area contributed by atoms with E-state index < -0.39 is 21.7 Å². The lowest BCUT2D eigenvalue weighted by molar-refractivity contribution is -0.167. The van der Waals surface area contributed by atoms with Gasteiger partial charge in [-0.05, 0) is 25.3 Å². The van der Waals surface area contributed by atoms with Crippen LogP contribution in [-0.2, 0) is 24.3 Å². The van der Waals surface area contributed by atoms with Crippen molar-refractivity contribution in [2.45, 2.75) is 42.2 Å². The van der Waals surface area contributed by atoms with E-state index in [9.17, 15) is 13.2 Å². The molecule has 1 aromatic rings. The number of carbonyl (C=O) groups is 1. The lowest BCUT2D eigenvalue weighted by Gasteiger charge is -2.43. The van der Waals surface area contributed by atoms with Crippen molar-refractivity contribution in [1.29, 1.82) is 0 Å². The highest BCUT2D eigenvalue weighted by Gasteiger charge is 2.44. The van der Waals surface area contributed by atoms with Gasteiger partial charge in [0.2, 0.25) is 5.91 Å². The van der Waals surface area contributed by atoms with Crippen LogP contribution in [0.1, 0.15) is 20.3 Å². The Bertz CT molecular complexity index is 683. The topological polar surface area (TPSA) is 84.9 Å². The quantitative estimate of drug-likeness (QED) is 0.843. The Labute approximate surface area is 146 Å². The van der Waals surface area contributed by atoms with Gasteiger partial charge in [-0.3, -0.25) is 4.79 Å². The van der Waals surface area contributed by atoms with Crippen LogP contribution in [0.3, 0.4) is 0 Å². The summed E-state index contributed by atoms with van der Waals surface area (Å²) in [4.78, 5) is 14.4. The molecule has 3 rings (SSSR count). The first kappa shape index (κ1) is 17.8. The number of hydrogen-bond donors (Lipinski definition) is 1. The Morgan fingerprint density at radius 1 is 1.54 bits per heavy atom. The number of ether oxygens (including phenoxy) is 2. The molecule has 2 aliphatic rings. The first-order chi connectivity index (χ1) is 11.3. The zero-order valence-corrected chi connectivity index (χ0v) is 15.4. The van der Waals surface area contributed by atoms with Crippen LogP contribution in [0.15, 0.2) is 21.7 Å². The zero-order valence-electron chi connectivity index (χ0n) is 13.7. The van der Waals surface area contributed by atoms with Crippen LogP contribution in [-0.4, -0.2) is 63.3 Å². The number of carbonyl (C=O) groups excluding carboxylic acids is 1. The molecular weight excluding hydrogens is 352 g/mol. The van der Waals surface area contributed by atoms with Gasteiger partial charge < -0.3 is 14.4 Å². The van der Waals surface area contributed by atoms with Gasteiger partial charge in [0.25, 0.3) is 10.0 Å². The van der Waals surface area contributed by atoms with E-state index in [0.29, 0.717) is 26.3 Å². The van der Waals surface area contributed by atoms with E-state index in [1.807, 2.05) is 6.92 Å². The highest BCUT2D eigenvalue weighted by Crippen LogP contribution is 2.30. The van der Waals surface area contributed by atoms with Crippen LogP contribution in [0, 0.1) is 0 Å². The molecule has 1 spiro atoms. The maximum Gasteiger partial charge on any atom is 0.250 e. The second kappa shape index (κ2) is 6.72. The fourth-order valence-electron chi connectivity index (χ4n) is 3.23. The molecular formula is C15H22N2O5S2. The van der Waals surface area contributed by atoms with Gasteiger partial charge >= 0.3 is 0 Å². The summed E-state index contributed by atoms with van der Waals surface area (Å²) in [5.41, 5.74) is -0.459. The lowest BCUT2D eigenvalue weighted by Crippen LogP contribution is -2.60. The van der Waals surface area contributed by atoms with Crippen molar-refractivity contribution in [3.05, 3.63) is 17.5 Å². The minimum Gasteiger partial charge on any atom is -0.378 e. The van der Waals surface area contributed by atoms with Crippen molar-refractivity contribution in [2.75, 3.05) is 26.3 Å². The Morgan fingerprint density at radius 3 is 2.96 bits per heavy atom. The predicted molar refractivity (Wildman–Crippen MR) is 89.4 cm³/mol. The van der Waals surface area contributed by atoms with Gasteiger partial charge in [-0.1, -0.05) is 6.07 Å². The molecule has 0 bridgehead atoms. The average molecular weight is 374 g/mol. The molecule has 134 valence electrons. The maximum atomic E-state index is 12.7. The number of sulfonamides is 1. The number of nitrogens with zero attached hydrogens (tertiary/aromatic N) is 1. The summed E-state index contributed by atoms with van der Waals surface area (Å²) < 4.78 is 38.7. The zero-order chi connectivity index (χ0) is 17.4. The summed E-state index contributed by atoms with van der Waals surface area (Å²) in [6, 6.07) is 2.35. The summed E-state index contributed by atoms with van der Waals surface area (Å²) in [5, 5.41) is 1.69. The van der Waals surface area contributed by atoms with E-state index >= 15 is 0 Å². The highest BCUT2D eigenvalue weighted by molar-refractivity contribution is 7.91. The van der Waals surface area contributed by atoms with Gasteiger partial charge in [0.15, 0.2) is 0 Å². The number of hydrogen-bond acceptors (Lipinski definition) is 6. The molecule has 7 nitrogen and oxygen atoms in total. The van der Waals surface area contributed by atoms with E-state index in [2.05, 4.69) is 4.72 Å². The SMILES string of the molecule is CC1CN(C(=O)C(C)NS(=O)(=O)c2cccs2)CC2(CCOC2)O1. The number of rotatable bonds is 4. The molecule has 1 N–H and O–H groups in total. The van der Waals surface area contributed by atoms with Crippen LogP contribution in [0.25, 0.3) is 0 Å². The first-order valence-electron chi connectivity index (χ1n) is 7.92. The van der Waals surface area contributed by atoms with E-state index in [0.717, 1.165) is 17.8 Å². The third-order valence-electron chi connectivity index (χ3n) is 4.25. The van der Waals surface area contributed by atoms with Crippen molar-refractivity contribution < 1.29 is 22.7 Å². The van der Waals surface area contributed by atoms with Gasteiger partial charge in [-0.15, -0.1) is 11.3 Å². The summed E-state index contributed by atoms with van der Waals surface area (Å²) in [6.45, 7) is 5.46. The Hall–Kier alpha value is -1.00. The van der Waals surface area contributed by atoms with Crippen LogP contribution in [0.5, 0.6) is 0 Å². The smallest absolute Gasteiger partial charge is 0.250 e. The van der Waals surface area contributed by atoms with Crippen molar-refractivity contribution in [1.82, 2.24) is 9.62 Å². The van der Waals surface area contributed by atoms with Crippen LogP contribution >= 0.6 is 11.3 Å². The Kier molecular flexibility index (Phi) is 4.99. The van der Waals surface area contributed by atoms with E-state index in [4.69, 9.17) is 9.47 Å². The second-order valence-corrected chi connectivity index (χ2v) is 9.30. The molecule has 24 heavy (non-hydrogen) atoms. The Morgan fingerprint density at radius 2 is 2.33 bits per heavy atom. The van der Waals surface area contributed by atoms with Gasteiger partial charge in [0, 0.05) is 19.6 Å². The molecule has 0 radical (unpaired) electrons. The van der Waals surface area contributed by atoms with Crippen molar-refractivity contribution in [3.63, 3.8) is 0 Å². The molecule has 0 aliphatic carbocycles. The van der Waals surface area contributed by atoms with Gasteiger partial charge in [0.1, 0.15) is 9.81 Å². The van der Waals surface area contributed by atoms with Gasteiger partial charge in [0.05, 0.1) is 25.3 Å². The Balaban J connectivity index is 1.69. The molecule has 3 heterocycles. The van der Waals surface area contributed by atoms with E-state index in [-0.39, 0.29) is 16.2 Å². The molecule has 2 fully saturated rings. The molecule has 9 heteroatoms. The molecule has 0 saturated carbocycles. The lowest BCUT2D eigenvalue weighted by atomic mass is 9.99. The van der Waals surface area contributed by atoms with Crippen LogP contribution < -0.4 is 4.72 Å². The summed E-state index contributed by atoms with van der Waals surface area (Å²) >= 11 is 1.12. The molecule has 1 amide bonds. The van der Waals surface area contributed by atoms with Gasteiger partial charge in [-0.2, -0.15) is 4.72 Å². The molecule has 0 aromatic carbocycles. The molecule has 2 aliphatic heterocycles. The standard InChI is InChI=1S/C15H22N2O5S2/c1-11-8-17(9-15(22-11)5-6-21-10-15)14(18)12(2)16-24(19,20)13-4-3-7-23-13/h3-4,7,11-12,16H,5-6,8-10H2,1-2H3. The minimum absolute atomic E-state index is 0.106. The molecule has 2 saturated heterocycles. The number of nitrogens with one attached hydrogen (secondary N) is 1.